The molecule has 0 aliphatic rings. The van der Waals surface area contributed by atoms with Crippen molar-refractivity contribution in [2.24, 2.45) is 0 Å². The van der Waals surface area contributed by atoms with E-state index in [0.29, 0.717) is 0 Å². The summed E-state index contributed by atoms with van der Waals surface area (Å²) in [6.45, 7) is 1.83. The Morgan fingerprint density at radius 1 is 1.47 bits per heavy atom. The van der Waals surface area contributed by atoms with Crippen LogP contribution in [-0.2, 0) is 4.79 Å². The number of carbonyl (C=O) groups excluding carboxylic acids is 1. The minimum absolute atomic E-state index is 0.0286. The molecule has 0 bridgehead atoms. The van der Waals surface area contributed by atoms with Crippen LogP contribution >= 0.6 is 0 Å². The summed E-state index contributed by atoms with van der Waals surface area (Å²) in [6, 6.07) is 4.63. The van der Waals surface area contributed by atoms with Crippen LogP contribution in [0.4, 0.5) is 14.5 Å². The molecule has 0 fully saturated rings. The average Bonchev–Trinajstić information content (AvgIpc) is 2.86. The van der Waals surface area contributed by atoms with Crippen LogP contribution in [0.15, 0.2) is 36.7 Å². The Balaban J connectivity index is 1.98. The van der Waals surface area contributed by atoms with Gasteiger partial charge in [0.15, 0.2) is 0 Å². The molecule has 1 atom stereocenters. The smallest absolute Gasteiger partial charge is 0.226 e. The van der Waals surface area contributed by atoms with Crippen LogP contribution in [0.2, 0.25) is 0 Å². The number of rotatable bonds is 4. The largest absolute Gasteiger partial charge is 0.324 e. The second-order valence-corrected chi connectivity index (χ2v) is 4.21. The molecule has 1 aromatic heterocycles. The fraction of sp³-hybridized carbons (Fsp3) is 0.231. The molecule has 100 valence electrons. The van der Waals surface area contributed by atoms with Crippen LogP contribution in [0.3, 0.4) is 0 Å². The molecule has 0 aliphatic carbocycles. The molecule has 4 nitrogen and oxygen atoms in total. The summed E-state index contributed by atoms with van der Waals surface area (Å²) in [7, 11) is 0. The number of carbonyl (C=O) groups is 1. The molecular weight excluding hydrogens is 252 g/mol. The van der Waals surface area contributed by atoms with Crippen molar-refractivity contribution in [1.82, 2.24) is 9.78 Å². The Hall–Kier alpha value is -2.24. The predicted octanol–water partition coefficient (Wildman–Crippen LogP) is 2.75. The van der Waals surface area contributed by atoms with Crippen molar-refractivity contribution in [3.8, 4) is 0 Å². The highest BCUT2D eigenvalue weighted by Gasteiger charge is 2.13. The van der Waals surface area contributed by atoms with E-state index < -0.39 is 11.6 Å². The minimum atomic E-state index is -0.792. The van der Waals surface area contributed by atoms with Gasteiger partial charge in [0.05, 0.1) is 11.7 Å². The van der Waals surface area contributed by atoms with Gasteiger partial charge >= 0.3 is 0 Å². The standard InChI is InChI=1S/C13H13F2N3O/c1-9(18-6-2-5-16-18)7-13(19)17-12-4-3-10(14)8-11(12)15/h2-6,8-9H,7H2,1H3,(H,17,19). The Bertz CT molecular complexity index is 569. The monoisotopic (exact) mass is 265 g/mol. The van der Waals surface area contributed by atoms with Gasteiger partial charge < -0.3 is 5.32 Å². The van der Waals surface area contributed by atoms with E-state index in [9.17, 15) is 13.6 Å². The van der Waals surface area contributed by atoms with E-state index >= 15 is 0 Å². The molecule has 1 heterocycles. The molecule has 0 aliphatic heterocycles. The maximum absolute atomic E-state index is 13.3. The first-order chi connectivity index (χ1) is 9.06. The summed E-state index contributed by atoms with van der Waals surface area (Å²) in [6.07, 6.45) is 3.52. The second kappa shape index (κ2) is 5.60. The molecule has 1 aromatic carbocycles. The zero-order valence-corrected chi connectivity index (χ0v) is 10.3. The molecule has 0 saturated carbocycles. The summed E-state index contributed by atoms with van der Waals surface area (Å²) in [5.74, 6) is -1.82. The van der Waals surface area contributed by atoms with E-state index in [4.69, 9.17) is 0 Å². The van der Waals surface area contributed by atoms with E-state index in [-0.39, 0.29) is 24.1 Å². The van der Waals surface area contributed by atoms with Gasteiger partial charge in [0.1, 0.15) is 11.6 Å². The van der Waals surface area contributed by atoms with E-state index in [0.717, 1.165) is 12.1 Å². The zero-order valence-electron chi connectivity index (χ0n) is 10.3. The summed E-state index contributed by atoms with van der Waals surface area (Å²) in [5.41, 5.74) is -0.0286. The average molecular weight is 265 g/mol. The molecular formula is C13H13F2N3O. The Morgan fingerprint density at radius 3 is 2.89 bits per heavy atom. The molecule has 1 unspecified atom stereocenters. The van der Waals surface area contributed by atoms with Crippen molar-refractivity contribution in [3.63, 3.8) is 0 Å². The first kappa shape index (κ1) is 13.2. The second-order valence-electron chi connectivity index (χ2n) is 4.21. The fourth-order valence-corrected chi connectivity index (χ4v) is 1.70. The number of nitrogens with zero attached hydrogens (tertiary/aromatic N) is 2. The summed E-state index contributed by atoms with van der Waals surface area (Å²) in [4.78, 5) is 11.7. The van der Waals surface area contributed by atoms with E-state index in [1.165, 1.54) is 6.07 Å². The fourth-order valence-electron chi connectivity index (χ4n) is 1.70. The molecule has 6 heteroatoms. The number of amides is 1. The van der Waals surface area contributed by atoms with E-state index in [1.807, 2.05) is 6.92 Å². The quantitative estimate of drug-likeness (QED) is 0.924. The van der Waals surface area contributed by atoms with E-state index in [2.05, 4.69) is 10.4 Å². The number of aromatic nitrogens is 2. The van der Waals surface area contributed by atoms with Gasteiger partial charge in [0, 0.05) is 24.9 Å². The number of hydrogen-bond acceptors (Lipinski definition) is 2. The maximum Gasteiger partial charge on any atom is 0.226 e. The number of halogens is 2. The van der Waals surface area contributed by atoms with Crippen LogP contribution in [0.25, 0.3) is 0 Å². The molecule has 19 heavy (non-hydrogen) atoms. The molecule has 2 rings (SSSR count). The van der Waals surface area contributed by atoms with Gasteiger partial charge in [-0.3, -0.25) is 9.48 Å². The van der Waals surface area contributed by atoms with Gasteiger partial charge in [-0.1, -0.05) is 0 Å². The summed E-state index contributed by atoms with van der Waals surface area (Å²) >= 11 is 0. The predicted molar refractivity (Wildman–Crippen MR) is 66.5 cm³/mol. The van der Waals surface area contributed by atoms with Gasteiger partial charge in [0.25, 0.3) is 0 Å². The lowest BCUT2D eigenvalue weighted by Gasteiger charge is -2.12. The van der Waals surface area contributed by atoms with Crippen molar-refractivity contribution in [2.75, 3.05) is 5.32 Å². The zero-order chi connectivity index (χ0) is 13.8. The lowest BCUT2D eigenvalue weighted by Crippen LogP contribution is -2.18. The Morgan fingerprint density at radius 2 is 2.26 bits per heavy atom. The van der Waals surface area contributed by atoms with Crippen LogP contribution < -0.4 is 5.32 Å². The van der Waals surface area contributed by atoms with Crippen LogP contribution in [0.5, 0.6) is 0 Å². The normalized spacial score (nSPS) is 12.2. The number of benzene rings is 1. The Kier molecular flexibility index (Phi) is 3.89. The van der Waals surface area contributed by atoms with Gasteiger partial charge in [-0.2, -0.15) is 5.10 Å². The van der Waals surface area contributed by atoms with Gasteiger partial charge in [-0.25, -0.2) is 8.78 Å². The van der Waals surface area contributed by atoms with Crippen LogP contribution in [-0.4, -0.2) is 15.7 Å². The third-order valence-electron chi connectivity index (χ3n) is 2.66. The molecule has 0 spiro atoms. The lowest BCUT2D eigenvalue weighted by molar-refractivity contribution is -0.116. The number of nitrogens with one attached hydrogen (secondary N) is 1. The Labute approximate surface area is 109 Å². The third kappa shape index (κ3) is 3.37. The van der Waals surface area contributed by atoms with Gasteiger partial charge in [-0.15, -0.1) is 0 Å². The lowest BCUT2D eigenvalue weighted by atomic mass is 10.2. The minimum Gasteiger partial charge on any atom is -0.324 e. The molecule has 1 amide bonds. The highest BCUT2D eigenvalue weighted by Crippen LogP contribution is 2.16. The summed E-state index contributed by atoms with van der Waals surface area (Å²) < 4.78 is 27.7. The number of anilines is 1. The molecule has 0 radical (unpaired) electrons. The highest BCUT2D eigenvalue weighted by atomic mass is 19.1. The van der Waals surface area contributed by atoms with Crippen molar-refractivity contribution in [3.05, 3.63) is 48.3 Å². The third-order valence-corrected chi connectivity index (χ3v) is 2.66. The van der Waals surface area contributed by atoms with Crippen molar-refractivity contribution < 1.29 is 13.6 Å². The topological polar surface area (TPSA) is 46.9 Å². The van der Waals surface area contributed by atoms with Crippen molar-refractivity contribution in [1.29, 1.82) is 0 Å². The van der Waals surface area contributed by atoms with Crippen molar-refractivity contribution in [2.45, 2.75) is 19.4 Å². The van der Waals surface area contributed by atoms with Crippen molar-refractivity contribution >= 4 is 11.6 Å². The first-order valence-corrected chi connectivity index (χ1v) is 5.80. The van der Waals surface area contributed by atoms with E-state index in [1.54, 1.807) is 23.1 Å². The first-order valence-electron chi connectivity index (χ1n) is 5.80. The molecule has 0 saturated heterocycles. The SMILES string of the molecule is CC(CC(=O)Nc1ccc(F)cc1F)n1cccn1. The van der Waals surface area contributed by atoms with Crippen LogP contribution in [0, 0.1) is 11.6 Å². The highest BCUT2D eigenvalue weighted by molar-refractivity contribution is 5.91. The molecule has 2 aromatic rings. The van der Waals surface area contributed by atoms with Gasteiger partial charge in [0.2, 0.25) is 5.91 Å². The summed E-state index contributed by atoms with van der Waals surface area (Å²) in [5, 5.41) is 6.43. The molecule has 1 N–H and O–H groups in total. The maximum atomic E-state index is 13.3. The van der Waals surface area contributed by atoms with Crippen LogP contribution in [0.1, 0.15) is 19.4 Å². The van der Waals surface area contributed by atoms with Gasteiger partial charge in [-0.05, 0) is 25.1 Å². The number of hydrogen-bond donors (Lipinski definition) is 1.